The molecular formula is C26H33NO5S2. The summed E-state index contributed by atoms with van der Waals surface area (Å²) in [6.45, 7) is 8.67. The minimum absolute atomic E-state index is 0.0468. The summed E-state index contributed by atoms with van der Waals surface area (Å²) in [6.07, 6.45) is 1.24. The molecule has 8 heteroatoms. The Morgan fingerprint density at radius 3 is 2.56 bits per heavy atom. The van der Waals surface area contributed by atoms with E-state index in [1.807, 2.05) is 48.5 Å². The molecule has 1 heterocycles. The lowest BCUT2D eigenvalue weighted by molar-refractivity contribution is -0.146. The summed E-state index contributed by atoms with van der Waals surface area (Å²) in [7, 11) is -1.09. The van der Waals surface area contributed by atoms with E-state index in [1.54, 1.807) is 0 Å². The molecule has 1 aromatic heterocycles. The van der Waals surface area contributed by atoms with Crippen molar-refractivity contribution in [3.05, 3.63) is 54.1 Å². The number of esters is 1. The van der Waals surface area contributed by atoms with Crippen molar-refractivity contribution in [1.29, 1.82) is 0 Å². The maximum absolute atomic E-state index is 12.5. The number of rotatable bonds is 12. The fourth-order valence-corrected chi connectivity index (χ4v) is 5.18. The van der Waals surface area contributed by atoms with Crippen LogP contribution < -0.4 is 4.74 Å². The molecule has 34 heavy (non-hydrogen) atoms. The van der Waals surface area contributed by atoms with Gasteiger partial charge in [0, 0.05) is 16.6 Å². The van der Waals surface area contributed by atoms with Crippen molar-refractivity contribution in [2.75, 3.05) is 23.9 Å². The molecule has 0 amide bonds. The van der Waals surface area contributed by atoms with Crippen molar-refractivity contribution in [3.8, 4) is 5.75 Å². The van der Waals surface area contributed by atoms with Gasteiger partial charge in [-0.3, -0.25) is 9.00 Å². The summed E-state index contributed by atoms with van der Waals surface area (Å²) in [4.78, 5) is 16.9. The van der Waals surface area contributed by atoms with E-state index >= 15 is 0 Å². The van der Waals surface area contributed by atoms with Crippen molar-refractivity contribution in [1.82, 2.24) is 4.98 Å². The Balaban J connectivity index is 1.57. The van der Waals surface area contributed by atoms with E-state index in [0.717, 1.165) is 18.4 Å². The Morgan fingerprint density at radius 2 is 1.88 bits per heavy atom. The number of benzene rings is 2. The topological polar surface area (TPSA) is 78.6 Å². The molecule has 0 radical (unpaired) electrons. The van der Waals surface area contributed by atoms with E-state index in [1.165, 1.54) is 17.3 Å². The van der Waals surface area contributed by atoms with E-state index in [4.69, 9.17) is 13.9 Å². The van der Waals surface area contributed by atoms with Gasteiger partial charge in [0.2, 0.25) is 0 Å². The molecule has 0 spiro atoms. The Morgan fingerprint density at radius 1 is 1.15 bits per heavy atom. The molecule has 3 rings (SSSR count). The average Bonchev–Trinajstić information content (AvgIpc) is 3.23. The smallest absolute Gasteiger partial charge is 0.316 e. The van der Waals surface area contributed by atoms with Crippen molar-refractivity contribution in [2.45, 2.75) is 57.3 Å². The average molecular weight is 504 g/mol. The molecule has 2 unspecified atom stereocenters. The predicted octanol–water partition coefficient (Wildman–Crippen LogP) is 5.76. The standard InChI is InChI=1S/C26H33NO5S2/c1-5-6-15-34(29)18-21(16-30-20-13-11-19(12-14-20)26(2,3)4)31-24(28)17-33-25-27-22-9-7-8-10-23(22)32-25/h7-14,21H,5-6,15-18H2,1-4H3. The van der Waals surface area contributed by atoms with Crippen LogP contribution in [0.3, 0.4) is 0 Å². The van der Waals surface area contributed by atoms with Gasteiger partial charge in [0.15, 0.2) is 5.58 Å². The molecular weight excluding hydrogens is 470 g/mol. The van der Waals surface area contributed by atoms with Crippen molar-refractivity contribution in [2.24, 2.45) is 0 Å². The van der Waals surface area contributed by atoms with Gasteiger partial charge in [0.1, 0.15) is 29.7 Å². The number of carbonyl (C=O) groups excluding carboxylic acids is 1. The maximum Gasteiger partial charge on any atom is 0.316 e. The first-order valence-corrected chi connectivity index (χ1v) is 14.0. The molecule has 3 aromatic rings. The molecule has 0 aliphatic heterocycles. The van der Waals surface area contributed by atoms with E-state index in [2.05, 4.69) is 32.7 Å². The number of fused-ring (bicyclic) bond motifs is 1. The molecule has 184 valence electrons. The number of nitrogens with zero attached hydrogens (tertiary/aromatic N) is 1. The van der Waals surface area contributed by atoms with E-state index in [-0.39, 0.29) is 23.5 Å². The third kappa shape index (κ3) is 8.17. The minimum atomic E-state index is -1.09. The number of hydrogen-bond acceptors (Lipinski definition) is 7. The zero-order valence-corrected chi connectivity index (χ0v) is 21.9. The summed E-state index contributed by atoms with van der Waals surface area (Å²) in [5, 5.41) is 0.413. The Kier molecular flexibility index (Phi) is 9.59. The lowest BCUT2D eigenvalue weighted by atomic mass is 9.87. The highest BCUT2D eigenvalue weighted by atomic mass is 32.2. The van der Waals surface area contributed by atoms with Crippen LogP contribution >= 0.6 is 11.8 Å². The highest BCUT2D eigenvalue weighted by Crippen LogP contribution is 2.25. The number of aromatic nitrogens is 1. The monoisotopic (exact) mass is 503 g/mol. The fraction of sp³-hybridized carbons (Fsp3) is 0.462. The molecule has 6 nitrogen and oxygen atoms in total. The van der Waals surface area contributed by atoms with Crippen LogP contribution in [0.5, 0.6) is 5.75 Å². The summed E-state index contributed by atoms with van der Waals surface area (Å²) in [5.41, 5.74) is 2.68. The van der Waals surface area contributed by atoms with Gasteiger partial charge < -0.3 is 13.9 Å². The fourth-order valence-electron chi connectivity index (χ4n) is 3.21. The van der Waals surface area contributed by atoms with Crippen LogP contribution in [0.1, 0.15) is 46.1 Å². The van der Waals surface area contributed by atoms with Crippen LogP contribution in [-0.2, 0) is 25.7 Å². The SMILES string of the molecule is CCCCS(=O)CC(COc1ccc(C(C)(C)C)cc1)OC(=O)CSc1nc2ccccc2o1. The number of oxazole rings is 1. The van der Waals surface area contributed by atoms with Crippen LogP contribution in [0.15, 0.2) is 58.2 Å². The van der Waals surface area contributed by atoms with Crippen LogP contribution in [0.2, 0.25) is 0 Å². The summed E-state index contributed by atoms with van der Waals surface area (Å²) in [5.74, 6) is 1.15. The third-order valence-corrected chi connectivity index (χ3v) is 7.43. The van der Waals surface area contributed by atoms with Crippen molar-refractivity contribution in [3.63, 3.8) is 0 Å². The highest BCUT2D eigenvalue weighted by Gasteiger charge is 2.20. The van der Waals surface area contributed by atoms with Gasteiger partial charge in [-0.25, -0.2) is 4.98 Å². The summed E-state index contributed by atoms with van der Waals surface area (Å²) < 4.78 is 29.7. The second-order valence-corrected chi connectivity index (χ2v) is 11.6. The number of para-hydroxylation sites is 2. The zero-order valence-electron chi connectivity index (χ0n) is 20.2. The van der Waals surface area contributed by atoms with E-state index < -0.39 is 22.9 Å². The first-order valence-electron chi connectivity index (χ1n) is 11.5. The van der Waals surface area contributed by atoms with Crippen molar-refractivity contribution < 1.29 is 22.9 Å². The van der Waals surface area contributed by atoms with Gasteiger partial charge in [-0.15, -0.1) is 0 Å². The molecule has 0 bridgehead atoms. The molecule has 0 saturated carbocycles. The molecule has 0 aliphatic carbocycles. The Hall–Kier alpha value is -2.32. The summed E-state index contributed by atoms with van der Waals surface area (Å²) in [6, 6.07) is 15.3. The number of thioether (sulfide) groups is 1. The predicted molar refractivity (Wildman–Crippen MR) is 138 cm³/mol. The van der Waals surface area contributed by atoms with Gasteiger partial charge >= 0.3 is 5.97 Å². The lowest BCUT2D eigenvalue weighted by Crippen LogP contribution is -2.31. The van der Waals surface area contributed by atoms with Crippen LogP contribution in [0.4, 0.5) is 0 Å². The van der Waals surface area contributed by atoms with Gasteiger partial charge in [-0.05, 0) is 41.7 Å². The number of carbonyl (C=O) groups is 1. The second-order valence-electron chi connectivity index (χ2n) is 9.10. The molecule has 0 saturated heterocycles. The minimum Gasteiger partial charge on any atom is -0.490 e. The van der Waals surface area contributed by atoms with Crippen LogP contribution in [0, 0.1) is 0 Å². The first kappa shape index (κ1) is 26.3. The Bertz CT molecular complexity index is 1060. The second kappa shape index (κ2) is 12.4. The Labute approximate surface area is 208 Å². The largest absolute Gasteiger partial charge is 0.490 e. The normalized spacial score (nSPS) is 13.5. The van der Waals surface area contributed by atoms with Crippen molar-refractivity contribution >= 4 is 39.6 Å². The lowest BCUT2D eigenvalue weighted by Gasteiger charge is -2.20. The van der Waals surface area contributed by atoms with Gasteiger partial charge in [0.25, 0.3) is 5.22 Å². The maximum atomic E-state index is 12.5. The third-order valence-electron chi connectivity index (χ3n) is 5.14. The quantitative estimate of drug-likeness (QED) is 0.230. The molecule has 2 atom stereocenters. The number of unbranched alkanes of at least 4 members (excludes halogenated alkanes) is 1. The van der Waals surface area contributed by atoms with Crippen LogP contribution in [-0.4, -0.2) is 45.1 Å². The van der Waals surface area contributed by atoms with E-state index in [9.17, 15) is 9.00 Å². The first-order chi connectivity index (χ1) is 16.2. The van der Waals surface area contributed by atoms with Crippen LogP contribution in [0.25, 0.3) is 11.1 Å². The molecule has 2 aromatic carbocycles. The van der Waals surface area contributed by atoms with E-state index in [0.29, 0.717) is 22.3 Å². The zero-order chi connectivity index (χ0) is 24.6. The number of ether oxygens (including phenoxy) is 2. The van der Waals surface area contributed by atoms with Gasteiger partial charge in [0.05, 0.1) is 5.75 Å². The summed E-state index contributed by atoms with van der Waals surface area (Å²) >= 11 is 1.18. The highest BCUT2D eigenvalue weighted by molar-refractivity contribution is 7.99. The molecule has 0 N–H and O–H groups in total. The van der Waals surface area contributed by atoms with Gasteiger partial charge in [-0.2, -0.15) is 0 Å². The van der Waals surface area contributed by atoms with Gasteiger partial charge in [-0.1, -0.05) is 70.1 Å². The molecule has 0 fully saturated rings. The molecule has 0 aliphatic rings. The number of hydrogen-bond donors (Lipinski definition) is 0.